The van der Waals surface area contributed by atoms with Crippen LogP contribution in [0, 0.1) is 5.92 Å². The highest BCUT2D eigenvalue weighted by Gasteiger charge is 2.22. The molecule has 19 heavy (non-hydrogen) atoms. The third-order valence-corrected chi connectivity index (χ3v) is 3.71. The van der Waals surface area contributed by atoms with Crippen LogP contribution in [0.15, 0.2) is 18.2 Å². The second-order valence-corrected chi connectivity index (χ2v) is 5.45. The molecule has 5 heteroatoms. The van der Waals surface area contributed by atoms with Crippen molar-refractivity contribution < 1.29 is 4.79 Å². The number of para-hydroxylation sites is 1. The van der Waals surface area contributed by atoms with Crippen LogP contribution in [0.25, 0.3) is 0 Å². The lowest BCUT2D eigenvalue weighted by atomic mass is 9.97. The number of nitrogens with one attached hydrogen (secondary N) is 2. The Bertz CT molecular complexity index is 456. The van der Waals surface area contributed by atoms with Crippen LogP contribution in [-0.2, 0) is 4.79 Å². The molecule has 4 nitrogen and oxygen atoms in total. The molecule has 1 amide bonds. The van der Waals surface area contributed by atoms with Gasteiger partial charge < -0.3 is 15.5 Å². The summed E-state index contributed by atoms with van der Waals surface area (Å²) in [6, 6.07) is 5.57. The van der Waals surface area contributed by atoms with Crippen molar-refractivity contribution in [3.63, 3.8) is 0 Å². The van der Waals surface area contributed by atoms with E-state index in [4.69, 9.17) is 11.6 Å². The van der Waals surface area contributed by atoms with Gasteiger partial charge in [-0.2, -0.15) is 0 Å². The Hall–Kier alpha value is -1.26. The third-order valence-electron chi connectivity index (χ3n) is 3.40. The normalized spacial score (nSPS) is 16.2. The van der Waals surface area contributed by atoms with Gasteiger partial charge in [0.25, 0.3) is 0 Å². The predicted octanol–water partition coefficient (Wildman–Crippen LogP) is 2.34. The summed E-state index contributed by atoms with van der Waals surface area (Å²) < 4.78 is 0. The first-order chi connectivity index (χ1) is 9.09. The van der Waals surface area contributed by atoms with Gasteiger partial charge in [0.15, 0.2) is 0 Å². The molecule has 1 heterocycles. The monoisotopic (exact) mass is 281 g/mol. The Morgan fingerprint density at radius 1 is 1.37 bits per heavy atom. The number of benzene rings is 1. The molecular formula is C14H20ClN3O. The van der Waals surface area contributed by atoms with Crippen LogP contribution >= 0.6 is 11.6 Å². The number of amides is 1. The number of hydrogen-bond acceptors (Lipinski definition) is 3. The second-order valence-electron chi connectivity index (χ2n) is 5.04. The van der Waals surface area contributed by atoms with Crippen molar-refractivity contribution in [3.8, 4) is 0 Å². The van der Waals surface area contributed by atoms with Crippen molar-refractivity contribution in [2.45, 2.75) is 12.8 Å². The Morgan fingerprint density at radius 3 is 2.68 bits per heavy atom. The smallest absolute Gasteiger partial charge is 0.227 e. The van der Waals surface area contributed by atoms with E-state index >= 15 is 0 Å². The van der Waals surface area contributed by atoms with E-state index in [0.717, 1.165) is 37.3 Å². The van der Waals surface area contributed by atoms with Crippen molar-refractivity contribution in [1.29, 1.82) is 0 Å². The van der Waals surface area contributed by atoms with Crippen LogP contribution in [0.5, 0.6) is 0 Å². The summed E-state index contributed by atoms with van der Waals surface area (Å²) in [4.78, 5) is 14.2. The summed E-state index contributed by atoms with van der Waals surface area (Å²) in [5, 5.41) is 6.92. The Balaban J connectivity index is 2.14. The largest absolute Gasteiger partial charge is 0.375 e. The minimum atomic E-state index is 0.0897. The highest BCUT2D eigenvalue weighted by atomic mass is 35.5. The molecule has 0 atom stereocenters. The van der Waals surface area contributed by atoms with E-state index in [1.165, 1.54) is 0 Å². The molecule has 0 aromatic heterocycles. The number of halogens is 1. The molecule has 0 bridgehead atoms. The van der Waals surface area contributed by atoms with Gasteiger partial charge in [-0.15, -0.1) is 0 Å². The molecule has 0 unspecified atom stereocenters. The van der Waals surface area contributed by atoms with Crippen LogP contribution in [0.4, 0.5) is 11.4 Å². The molecule has 1 fully saturated rings. The zero-order valence-corrected chi connectivity index (χ0v) is 12.1. The van der Waals surface area contributed by atoms with E-state index in [1.807, 2.05) is 37.2 Å². The molecular weight excluding hydrogens is 262 g/mol. The second kappa shape index (κ2) is 6.26. The topological polar surface area (TPSA) is 44.4 Å². The number of anilines is 2. The van der Waals surface area contributed by atoms with E-state index in [0.29, 0.717) is 5.02 Å². The van der Waals surface area contributed by atoms with Crippen molar-refractivity contribution in [1.82, 2.24) is 5.32 Å². The molecule has 0 spiro atoms. The number of nitrogens with zero attached hydrogens (tertiary/aromatic N) is 1. The summed E-state index contributed by atoms with van der Waals surface area (Å²) in [5.74, 6) is 0.183. The molecule has 104 valence electrons. The van der Waals surface area contributed by atoms with Gasteiger partial charge in [-0.3, -0.25) is 4.79 Å². The summed E-state index contributed by atoms with van der Waals surface area (Å²) in [5.41, 5.74) is 1.63. The Kier molecular flexibility index (Phi) is 4.66. The number of carbonyl (C=O) groups excluding carboxylic acids is 1. The molecule has 1 aliphatic rings. The van der Waals surface area contributed by atoms with E-state index < -0.39 is 0 Å². The van der Waals surface area contributed by atoms with Crippen molar-refractivity contribution in [3.05, 3.63) is 23.2 Å². The lowest BCUT2D eigenvalue weighted by Crippen LogP contribution is -2.34. The molecule has 1 saturated heterocycles. The summed E-state index contributed by atoms with van der Waals surface area (Å²) in [7, 11) is 3.84. The quantitative estimate of drug-likeness (QED) is 0.894. The average Bonchev–Trinajstić information content (AvgIpc) is 2.39. The van der Waals surface area contributed by atoms with Crippen molar-refractivity contribution in [2.75, 3.05) is 37.4 Å². The van der Waals surface area contributed by atoms with Crippen molar-refractivity contribution >= 4 is 28.9 Å². The maximum Gasteiger partial charge on any atom is 0.227 e. The van der Waals surface area contributed by atoms with Crippen LogP contribution < -0.4 is 15.5 Å². The summed E-state index contributed by atoms with van der Waals surface area (Å²) in [6.07, 6.45) is 1.79. The predicted molar refractivity (Wildman–Crippen MR) is 80.0 cm³/mol. The molecule has 0 saturated carbocycles. The molecule has 1 aromatic carbocycles. The van der Waals surface area contributed by atoms with Gasteiger partial charge in [-0.1, -0.05) is 17.7 Å². The standard InChI is InChI=1S/C14H20ClN3O/c1-18(2)13-11(15)4-3-5-12(13)17-14(19)10-6-8-16-9-7-10/h3-5,10,16H,6-9H2,1-2H3,(H,17,19). The Labute approximate surface area is 119 Å². The first-order valence-corrected chi connectivity index (χ1v) is 6.95. The molecule has 0 radical (unpaired) electrons. The third kappa shape index (κ3) is 3.39. The summed E-state index contributed by atoms with van der Waals surface area (Å²) >= 11 is 6.19. The van der Waals surface area contributed by atoms with Gasteiger partial charge >= 0.3 is 0 Å². The zero-order chi connectivity index (χ0) is 13.8. The highest BCUT2D eigenvalue weighted by Crippen LogP contribution is 2.33. The number of rotatable bonds is 3. The van der Waals surface area contributed by atoms with E-state index in [-0.39, 0.29) is 11.8 Å². The van der Waals surface area contributed by atoms with E-state index in [1.54, 1.807) is 0 Å². The minimum absolute atomic E-state index is 0.0897. The van der Waals surface area contributed by atoms with Crippen molar-refractivity contribution in [2.24, 2.45) is 5.92 Å². The molecule has 2 rings (SSSR count). The molecule has 1 aliphatic heterocycles. The lowest BCUT2D eigenvalue weighted by Gasteiger charge is -2.24. The van der Waals surface area contributed by atoms with E-state index in [9.17, 15) is 4.79 Å². The van der Waals surface area contributed by atoms with E-state index in [2.05, 4.69) is 10.6 Å². The SMILES string of the molecule is CN(C)c1c(Cl)cccc1NC(=O)C1CCNCC1. The summed E-state index contributed by atoms with van der Waals surface area (Å²) in [6.45, 7) is 1.82. The average molecular weight is 282 g/mol. The van der Waals surface area contributed by atoms with Crippen LogP contribution in [0.1, 0.15) is 12.8 Å². The number of hydrogen-bond donors (Lipinski definition) is 2. The van der Waals surface area contributed by atoms with Gasteiger partial charge in [0, 0.05) is 20.0 Å². The maximum atomic E-state index is 12.3. The van der Waals surface area contributed by atoms with Crippen LogP contribution in [0.2, 0.25) is 5.02 Å². The van der Waals surface area contributed by atoms with Gasteiger partial charge in [-0.25, -0.2) is 0 Å². The molecule has 2 N–H and O–H groups in total. The fourth-order valence-electron chi connectivity index (χ4n) is 2.39. The van der Waals surface area contributed by atoms with Gasteiger partial charge in [0.2, 0.25) is 5.91 Å². The zero-order valence-electron chi connectivity index (χ0n) is 11.4. The first kappa shape index (κ1) is 14.2. The maximum absolute atomic E-state index is 12.3. The fraction of sp³-hybridized carbons (Fsp3) is 0.500. The molecule has 1 aromatic rings. The van der Waals surface area contributed by atoms with Gasteiger partial charge in [0.05, 0.1) is 16.4 Å². The minimum Gasteiger partial charge on any atom is -0.375 e. The highest BCUT2D eigenvalue weighted by molar-refractivity contribution is 6.34. The van der Waals surface area contributed by atoms with Gasteiger partial charge in [0.1, 0.15) is 0 Å². The van der Waals surface area contributed by atoms with Crippen LogP contribution in [-0.4, -0.2) is 33.1 Å². The number of carbonyl (C=O) groups is 1. The lowest BCUT2D eigenvalue weighted by molar-refractivity contribution is -0.120. The fourth-order valence-corrected chi connectivity index (χ4v) is 2.73. The Morgan fingerprint density at radius 2 is 2.05 bits per heavy atom. The first-order valence-electron chi connectivity index (χ1n) is 6.57. The van der Waals surface area contributed by atoms with Crippen LogP contribution in [0.3, 0.4) is 0 Å². The number of piperidine rings is 1. The molecule has 0 aliphatic carbocycles. The van der Waals surface area contributed by atoms with Gasteiger partial charge in [-0.05, 0) is 38.1 Å².